The van der Waals surface area contributed by atoms with Crippen molar-refractivity contribution in [3.05, 3.63) is 18.2 Å². The highest BCUT2D eigenvalue weighted by atomic mass is 32.2. The van der Waals surface area contributed by atoms with Gasteiger partial charge in [-0.05, 0) is 30.9 Å². The van der Waals surface area contributed by atoms with Crippen molar-refractivity contribution >= 4 is 22.4 Å². The van der Waals surface area contributed by atoms with Crippen molar-refractivity contribution in [3.8, 4) is 11.5 Å². The molecule has 1 aromatic rings. The Hall–Kier alpha value is -1.56. The zero-order chi connectivity index (χ0) is 16.8. The molecule has 1 unspecified atom stereocenters. The van der Waals surface area contributed by atoms with Crippen LogP contribution in [0.2, 0.25) is 0 Å². The van der Waals surface area contributed by atoms with E-state index < -0.39 is 10.8 Å². The lowest BCUT2D eigenvalue weighted by atomic mass is 9.91. The topological polar surface area (TPSA) is 64.6 Å². The molecule has 1 amide bonds. The second-order valence-corrected chi connectivity index (χ2v) is 8.02. The fourth-order valence-electron chi connectivity index (χ4n) is 3.26. The highest BCUT2D eigenvalue weighted by Gasteiger charge is 2.18. The summed E-state index contributed by atoms with van der Waals surface area (Å²) in [6.07, 6.45) is 6.88. The van der Waals surface area contributed by atoms with Crippen LogP contribution < -0.4 is 14.8 Å². The minimum absolute atomic E-state index is 0.0605. The largest absolute Gasteiger partial charge is 0.490 e. The number of hydrogen-bond acceptors (Lipinski definition) is 4. The Morgan fingerprint density at radius 2 is 1.83 bits per heavy atom. The number of nitrogens with one attached hydrogen (secondary N) is 1. The minimum Gasteiger partial charge on any atom is -0.490 e. The van der Waals surface area contributed by atoms with E-state index in [-0.39, 0.29) is 11.7 Å². The third kappa shape index (κ3) is 4.97. The number of carbonyl (C=O) groups is 1. The van der Waals surface area contributed by atoms with E-state index in [9.17, 15) is 9.00 Å². The second-order valence-electron chi connectivity index (χ2n) is 6.52. The van der Waals surface area contributed by atoms with Crippen LogP contribution in [-0.4, -0.2) is 34.8 Å². The molecule has 1 aliphatic heterocycles. The minimum atomic E-state index is -1.09. The summed E-state index contributed by atoms with van der Waals surface area (Å²) in [5.74, 6) is 2.36. The van der Waals surface area contributed by atoms with Crippen molar-refractivity contribution in [1.82, 2.24) is 0 Å². The molecule has 1 saturated carbocycles. The van der Waals surface area contributed by atoms with E-state index in [0.717, 1.165) is 19.3 Å². The molecular formula is C18H25NO4S. The lowest BCUT2D eigenvalue weighted by molar-refractivity contribution is -0.113. The first-order valence-electron chi connectivity index (χ1n) is 8.75. The van der Waals surface area contributed by atoms with E-state index in [1.807, 2.05) is 0 Å². The molecule has 1 aromatic carbocycles. The van der Waals surface area contributed by atoms with Crippen molar-refractivity contribution in [2.45, 2.75) is 38.5 Å². The molecule has 0 saturated heterocycles. The van der Waals surface area contributed by atoms with Crippen molar-refractivity contribution in [1.29, 1.82) is 0 Å². The third-order valence-electron chi connectivity index (χ3n) is 4.47. The van der Waals surface area contributed by atoms with Gasteiger partial charge in [-0.25, -0.2) is 0 Å². The van der Waals surface area contributed by atoms with Crippen LogP contribution in [-0.2, 0) is 15.6 Å². The van der Waals surface area contributed by atoms with Crippen LogP contribution in [0.4, 0.5) is 5.69 Å². The van der Waals surface area contributed by atoms with Gasteiger partial charge in [-0.3, -0.25) is 9.00 Å². The molecule has 0 bridgehead atoms. The fraction of sp³-hybridized carbons (Fsp3) is 0.611. The number of benzene rings is 1. The maximum Gasteiger partial charge on any atom is 0.236 e. The molecule has 2 aliphatic rings. The summed E-state index contributed by atoms with van der Waals surface area (Å²) in [6.45, 7) is 1.24. The number of anilines is 1. The van der Waals surface area contributed by atoms with Crippen molar-refractivity contribution in [3.63, 3.8) is 0 Å². The van der Waals surface area contributed by atoms with E-state index in [1.165, 1.54) is 19.3 Å². The summed E-state index contributed by atoms with van der Waals surface area (Å²) < 4.78 is 23.4. The summed E-state index contributed by atoms with van der Waals surface area (Å²) in [7, 11) is -1.09. The summed E-state index contributed by atoms with van der Waals surface area (Å²) in [5.41, 5.74) is 0.652. The van der Waals surface area contributed by atoms with E-state index in [4.69, 9.17) is 9.47 Å². The first-order valence-corrected chi connectivity index (χ1v) is 10.2. The predicted octanol–water partition coefficient (Wildman–Crippen LogP) is 3.12. The third-order valence-corrected chi connectivity index (χ3v) is 5.90. The molecule has 1 heterocycles. The van der Waals surface area contributed by atoms with Gasteiger partial charge >= 0.3 is 0 Å². The molecule has 5 nitrogen and oxygen atoms in total. The van der Waals surface area contributed by atoms with E-state index in [0.29, 0.717) is 42.1 Å². The highest BCUT2D eigenvalue weighted by molar-refractivity contribution is 7.85. The van der Waals surface area contributed by atoms with Gasteiger partial charge in [-0.2, -0.15) is 0 Å². The first-order chi connectivity index (χ1) is 11.7. The summed E-state index contributed by atoms with van der Waals surface area (Å²) >= 11 is 0. The van der Waals surface area contributed by atoms with Crippen LogP contribution in [0.3, 0.4) is 0 Å². The number of fused-ring (bicyclic) bond motifs is 1. The van der Waals surface area contributed by atoms with Crippen LogP contribution in [0.25, 0.3) is 0 Å². The van der Waals surface area contributed by atoms with E-state index in [2.05, 4.69) is 5.32 Å². The Labute approximate surface area is 145 Å². The molecule has 1 aliphatic carbocycles. The normalized spacial score (nSPS) is 19.3. The van der Waals surface area contributed by atoms with Gasteiger partial charge in [0.25, 0.3) is 0 Å². The quantitative estimate of drug-likeness (QED) is 0.885. The number of carbonyl (C=O) groups excluding carboxylic acids is 1. The van der Waals surface area contributed by atoms with Crippen LogP contribution in [0.5, 0.6) is 11.5 Å². The standard InChI is InChI=1S/C18H25NO4S/c20-18(13-24(21)12-14-5-2-1-3-6-14)19-15-7-8-16-17(11-15)23-10-4-9-22-16/h7-8,11,14H,1-6,9-10,12-13H2,(H,19,20). The Bertz CT molecular complexity index is 599. The lowest BCUT2D eigenvalue weighted by Gasteiger charge is -2.20. The molecule has 1 N–H and O–H groups in total. The number of rotatable bonds is 5. The molecule has 1 fully saturated rings. The molecule has 1 atom stereocenters. The maximum absolute atomic E-state index is 12.2. The molecule has 0 aromatic heterocycles. The average Bonchev–Trinajstić information content (AvgIpc) is 2.80. The van der Waals surface area contributed by atoms with Gasteiger partial charge in [-0.15, -0.1) is 0 Å². The lowest BCUT2D eigenvalue weighted by Crippen LogP contribution is -2.24. The first kappa shape index (κ1) is 17.3. The number of amides is 1. The number of hydrogen-bond donors (Lipinski definition) is 1. The van der Waals surface area contributed by atoms with Gasteiger partial charge in [0.05, 0.1) is 13.2 Å². The van der Waals surface area contributed by atoms with Crippen molar-refractivity contribution < 1.29 is 18.5 Å². The summed E-state index contributed by atoms with van der Waals surface area (Å²) in [5, 5.41) is 2.81. The summed E-state index contributed by atoms with van der Waals surface area (Å²) in [6, 6.07) is 5.35. The molecule has 0 radical (unpaired) electrons. The molecule has 3 rings (SSSR count). The van der Waals surface area contributed by atoms with Gasteiger partial charge < -0.3 is 14.8 Å². The monoisotopic (exact) mass is 351 g/mol. The fourth-order valence-corrected chi connectivity index (χ4v) is 4.60. The molecule has 24 heavy (non-hydrogen) atoms. The SMILES string of the molecule is O=C(CS(=O)CC1CCCCC1)Nc1ccc2c(c1)OCCCO2. The van der Waals surface area contributed by atoms with Crippen molar-refractivity contribution in [2.75, 3.05) is 30.0 Å². The van der Waals surface area contributed by atoms with E-state index in [1.54, 1.807) is 18.2 Å². The van der Waals surface area contributed by atoms with Gasteiger partial charge in [0.2, 0.25) is 5.91 Å². The molecule has 6 heteroatoms. The Kier molecular flexibility index (Phi) is 6.12. The zero-order valence-corrected chi connectivity index (χ0v) is 14.7. The maximum atomic E-state index is 12.2. The van der Waals surface area contributed by atoms with Gasteiger partial charge in [0.1, 0.15) is 5.75 Å². The van der Waals surface area contributed by atoms with Crippen molar-refractivity contribution in [2.24, 2.45) is 5.92 Å². The molecular weight excluding hydrogens is 326 g/mol. The van der Waals surface area contributed by atoms with Crippen LogP contribution >= 0.6 is 0 Å². The van der Waals surface area contributed by atoms with Gasteiger partial charge in [0.15, 0.2) is 11.5 Å². The number of ether oxygens (including phenoxy) is 2. The van der Waals surface area contributed by atoms with Gasteiger partial charge in [-0.1, -0.05) is 19.3 Å². The molecule has 0 spiro atoms. The van der Waals surface area contributed by atoms with Crippen LogP contribution in [0, 0.1) is 5.92 Å². The predicted molar refractivity (Wildman–Crippen MR) is 95.1 cm³/mol. The Morgan fingerprint density at radius 3 is 2.62 bits per heavy atom. The zero-order valence-electron chi connectivity index (χ0n) is 13.9. The van der Waals surface area contributed by atoms with E-state index >= 15 is 0 Å². The van der Waals surface area contributed by atoms with Crippen LogP contribution in [0.15, 0.2) is 18.2 Å². The average molecular weight is 351 g/mol. The second kappa shape index (κ2) is 8.51. The highest BCUT2D eigenvalue weighted by Crippen LogP contribution is 2.32. The smallest absolute Gasteiger partial charge is 0.236 e. The summed E-state index contributed by atoms with van der Waals surface area (Å²) in [4.78, 5) is 12.1. The molecule has 132 valence electrons. The Balaban J connectivity index is 1.51. The van der Waals surface area contributed by atoms with Gasteiger partial charge in [0, 0.05) is 34.7 Å². The van der Waals surface area contributed by atoms with Crippen LogP contribution in [0.1, 0.15) is 38.5 Å². The Morgan fingerprint density at radius 1 is 1.08 bits per heavy atom.